The monoisotopic (exact) mass is 405 g/mol. The number of aryl methyl sites for hydroxylation is 2. The van der Waals surface area contributed by atoms with Crippen molar-refractivity contribution in [3.8, 4) is 5.75 Å². The quantitative estimate of drug-likeness (QED) is 0.643. The van der Waals surface area contributed by atoms with Gasteiger partial charge in [-0.1, -0.05) is 30.3 Å². The van der Waals surface area contributed by atoms with Crippen LogP contribution in [-0.4, -0.2) is 11.5 Å². The number of fused-ring (bicyclic) bond motifs is 2. The summed E-state index contributed by atoms with van der Waals surface area (Å²) < 4.78 is 11.6. The van der Waals surface area contributed by atoms with Crippen LogP contribution in [0.5, 0.6) is 5.75 Å². The Morgan fingerprint density at radius 3 is 2.67 bits per heavy atom. The van der Waals surface area contributed by atoms with Gasteiger partial charge in [0.15, 0.2) is 0 Å². The largest absolute Gasteiger partial charge is 0.487 e. The summed E-state index contributed by atoms with van der Waals surface area (Å²) in [4.78, 5) is 25.3. The van der Waals surface area contributed by atoms with E-state index in [1.165, 1.54) is 0 Å². The van der Waals surface area contributed by atoms with E-state index >= 15 is 0 Å². The molecular weight excluding hydrogens is 378 g/mol. The van der Waals surface area contributed by atoms with E-state index in [-0.39, 0.29) is 24.0 Å². The van der Waals surface area contributed by atoms with Gasteiger partial charge in [0.25, 0.3) is 0 Å². The van der Waals surface area contributed by atoms with Gasteiger partial charge >= 0.3 is 5.63 Å². The fraction of sp³-hybridized carbons (Fsp3) is 0.360. The summed E-state index contributed by atoms with van der Waals surface area (Å²) in [6.07, 6.45) is 1.82. The molecule has 156 valence electrons. The molecule has 1 atom stereocenters. The molecule has 1 aromatic heterocycles. The smallest absolute Gasteiger partial charge is 0.340 e. The number of rotatable bonds is 4. The third-order valence-corrected chi connectivity index (χ3v) is 5.87. The Morgan fingerprint density at radius 2 is 1.93 bits per heavy atom. The van der Waals surface area contributed by atoms with Crippen molar-refractivity contribution >= 4 is 16.9 Å². The molecule has 4 rings (SSSR count). The average molecular weight is 405 g/mol. The molecule has 0 saturated carbocycles. The zero-order valence-corrected chi connectivity index (χ0v) is 17.9. The first-order chi connectivity index (χ1) is 14.2. The number of benzene rings is 2. The highest BCUT2D eigenvalue weighted by Crippen LogP contribution is 2.36. The standard InChI is InChI=1S/C25H27NO4/c1-15-19-12-18-10-11-25(3,4)30-21(18)14-22(19)29-24(28)20(15)13-23(27)26-16(2)17-8-6-5-7-9-17/h5-9,12,14,16H,10-11,13H2,1-4H3,(H,26,27)/t16-/m1/s1. The number of carbonyl (C=O) groups is 1. The first-order valence-corrected chi connectivity index (χ1v) is 10.4. The summed E-state index contributed by atoms with van der Waals surface area (Å²) in [5, 5.41) is 3.82. The molecule has 0 fully saturated rings. The lowest BCUT2D eigenvalue weighted by Crippen LogP contribution is -2.32. The Kier molecular flexibility index (Phi) is 5.14. The van der Waals surface area contributed by atoms with Gasteiger partial charge in [-0.15, -0.1) is 0 Å². The molecule has 1 aliphatic rings. The van der Waals surface area contributed by atoms with Crippen LogP contribution in [0, 0.1) is 6.92 Å². The van der Waals surface area contributed by atoms with Crippen molar-refractivity contribution in [2.45, 2.75) is 58.6 Å². The molecule has 0 spiro atoms. The van der Waals surface area contributed by atoms with Crippen molar-refractivity contribution in [1.82, 2.24) is 5.32 Å². The van der Waals surface area contributed by atoms with E-state index in [0.717, 1.165) is 40.7 Å². The van der Waals surface area contributed by atoms with Crippen molar-refractivity contribution in [3.63, 3.8) is 0 Å². The Bertz CT molecular complexity index is 1160. The maximum absolute atomic E-state index is 12.7. The van der Waals surface area contributed by atoms with Crippen LogP contribution in [0.15, 0.2) is 51.7 Å². The summed E-state index contributed by atoms with van der Waals surface area (Å²) >= 11 is 0. The minimum atomic E-state index is -0.475. The number of ether oxygens (including phenoxy) is 1. The van der Waals surface area contributed by atoms with Gasteiger partial charge in [0.1, 0.15) is 16.9 Å². The number of carbonyl (C=O) groups excluding carboxylic acids is 1. The van der Waals surface area contributed by atoms with Crippen molar-refractivity contribution < 1.29 is 13.9 Å². The van der Waals surface area contributed by atoms with Crippen LogP contribution in [0.25, 0.3) is 11.0 Å². The van der Waals surface area contributed by atoms with E-state index in [1.807, 2.05) is 50.2 Å². The Labute approximate surface area is 176 Å². The van der Waals surface area contributed by atoms with Gasteiger partial charge in [-0.05, 0) is 63.3 Å². The van der Waals surface area contributed by atoms with Crippen LogP contribution < -0.4 is 15.7 Å². The molecule has 1 N–H and O–H groups in total. The van der Waals surface area contributed by atoms with E-state index in [0.29, 0.717) is 11.1 Å². The van der Waals surface area contributed by atoms with Crippen LogP contribution in [0.1, 0.15) is 55.5 Å². The van der Waals surface area contributed by atoms with Gasteiger partial charge in [-0.2, -0.15) is 0 Å². The Morgan fingerprint density at radius 1 is 1.20 bits per heavy atom. The summed E-state index contributed by atoms with van der Waals surface area (Å²) in [5.41, 5.74) is 3.10. The van der Waals surface area contributed by atoms with Crippen LogP contribution in [0.2, 0.25) is 0 Å². The number of amides is 1. The predicted molar refractivity (Wildman–Crippen MR) is 117 cm³/mol. The van der Waals surface area contributed by atoms with Gasteiger partial charge in [0.2, 0.25) is 5.91 Å². The molecule has 5 heteroatoms. The van der Waals surface area contributed by atoms with Gasteiger partial charge in [-0.3, -0.25) is 4.79 Å². The van der Waals surface area contributed by atoms with Crippen LogP contribution in [-0.2, 0) is 17.6 Å². The van der Waals surface area contributed by atoms with Gasteiger partial charge < -0.3 is 14.5 Å². The maximum atomic E-state index is 12.7. The van der Waals surface area contributed by atoms with Crippen LogP contribution in [0.3, 0.4) is 0 Å². The highest BCUT2D eigenvalue weighted by molar-refractivity contribution is 5.86. The number of hydrogen-bond acceptors (Lipinski definition) is 4. The highest BCUT2D eigenvalue weighted by Gasteiger charge is 2.28. The number of hydrogen-bond donors (Lipinski definition) is 1. The molecule has 0 radical (unpaired) electrons. The SMILES string of the molecule is Cc1c(CC(=O)N[C@H](C)c2ccccc2)c(=O)oc2cc3c(cc12)CCC(C)(C)O3. The van der Waals surface area contributed by atoms with Gasteiger partial charge in [-0.25, -0.2) is 4.79 Å². The van der Waals surface area contributed by atoms with E-state index in [4.69, 9.17) is 9.15 Å². The molecule has 2 aromatic carbocycles. The minimum Gasteiger partial charge on any atom is -0.487 e. The van der Waals surface area contributed by atoms with Crippen LogP contribution >= 0.6 is 0 Å². The van der Waals surface area contributed by atoms with Crippen molar-refractivity contribution in [1.29, 1.82) is 0 Å². The highest BCUT2D eigenvalue weighted by atomic mass is 16.5. The summed E-state index contributed by atoms with van der Waals surface area (Å²) in [5.74, 6) is 0.563. The second kappa shape index (κ2) is 7.63. The van der Waals surface area contributed by atoms with E-state index in [1.54, 1.807) is 6.07 Å². The molecule has 0 aliphatic carbocycles. The second-order valence-corrected chi connectivity index (χ2v) is 8.69. The first-order valence-electron chi connectivity index (χ1n) is 10.4. The minimum absolute atomic E-state index is 0.0120. The average Bonchev–Trinajstić information content (AvgIpc) is 2.70. The third kappa shape index (κ3) is 3.97. The fourth-order valence-electron chi connectivity index (χ4n) is 4.02. The lowest BCUT2D eigenvalue weighted by molar-refractivity contribution is -0.121. The van der Waals surface area contributed by atoms with E-state index < -0.39 is 5.63 Å². The van der Waals surface area contributed by atoms with E-state index in [9.17, 15) is 9.59 Å². The Hall–Kier alpha value is -3.08. The lowest BCUT2D eigenvalue weighted by atomic mass is 9.92. The van der Waals surface area contributed by atoms with Gasteiger partial charge in [0, 0.05) is 11.5 Å². The van der Waals surface area contributed by atoms with Crippen molar-refractivity contribution in [2.75, 3.05) is 0 Å². The molecule has 0 unspecified atom stereocenters. The molecule has 1 aliphatic heterocycles. The normalized spacial score (nSPS) is 15.9. The zero-order valence-electron chi connectivity index (χ0n) is 17.9. The second-order valence-electron chi connectivity index (χ2n) is 8.69. The number of nitrogens with one attached hydrogen (secondary N) is 1. The summed E-state index contributed by atoms with van der Waals surface area (Å²) in [7, 11) is 0. The van der Waals surface area contributed by atoms with Crippen molar-refractivity contribution in [2.24, 2.45) is 0 Å². The predicted octanol–water partition coefficient (Wildman–Crippen LogP) is 4.62. The molecule has 1 amide bonds. The summed E-state index contributed by atoms with van der Waals surface area (Å²) in [6.45, 7) is 7.92. The maximum Gasteiger partial charge on any atom is 0.340 e. The fourth-order valence-corrected chi connectivity index (χ4v) is 4.02. The molecule has 0 saturated heterocycles. The third-order valence-electron chi connectivity index (χ3n) is 5.87. The topological polar surface area (TPSA) is 68.5 Å². The molecule has 0 bridgehead atoms. The molecule has 5 nitrogen and oxygen atoms in total. The molecular formula is C25H27NO4. The molecule has 30 heavy (non-hydrogen) atoms. The van der Waals surface area contributed by atoms with Crippen molar-refractivity contribution in [3.05, 3.63) is 75.1 Å². The zero-order chi connectivity index (χ0) is 21.5. The van der Waals surface area contributed by atoms with E-state index in [2.05, 4.69) is 19.2 Å². The van der Waals surface area contributed by atoms with Gasteiger partial charge in [0.05, 0.1) is 18.0 Å². The summed E-state index contributed by atoms with van der Waals surface area (Å²) in [6, 6.07) is 13.4. The molecule has 3 aromatic rings. The van der Waals surface area contributed by atoms with Crippen LogP contribution in [0.4, 0.5) is 0 Å². The first kappa shape index (κ1) is 20.2. The Balaban J connectivity index is 1.62. The molecule has 2 heterocycles. The lowest BCUT2D eigenvalue weighted by Gasteiger charge is -2.32.